The van der Waals surface area contributed by atoms with Crippen LogP contribution in [0.2, 0.25) is 0 Å². The zero-order valence-corrected chi connectivity index (χ0v) is 30.1. The van der Waals surface area contributed by atoms with Gasteiger partial charge >= 0.3 is 0 Å². The minimum atomic E-state index is 0.614. The van der Waals surface area contributed by atoms with Crippen molar-refractivity contribution >= 4 is 86.2 Å². The van der Waals surface area contributed by atoms with Gasteiger partial charge in [-0.3, -0.25) is 4.57 Å². The minimum absolute atomic E-state index is 0.614. The molecule has 0 fully saturated rings. The first-order valence-corrected chi connectivity index (χ1v) is 19.1. The van der Waals surface area contributed by atoms with E-state index in [1.807, 2.05) is 12.3 Å². The molecule has 0 saturated carbocycles. The first-order valence-electron chi connectivity index (χ1n) is 18.3. The standard InChI is InChI=1S/C48H28N6S/c1-3-13-29(14-4-1)30-23-25-31(26-24-30)43-33-17-7-10-20-36(33)51-48(52-43)54-38-22-12-8-18-34(38)40-45-41(47-42(46(40)54)44-39(55-47)27-49-28-50-44)35-19-9-11-21-37(35)53(45)32-15-5-2-6-16-32/h1-28H. The van der Waals surface area contributed by atoms with Crippen LogP contribution in [0.3, 0.4) is 0 Å². The lowest BCUT2D eigenvalue weighted by atomic mass is 10.0. The lowest BCUT2D eigenvalue weighted by Crippen LogP contribution is -2.04. The zero-order valence-electron chi connectivity index (χ0n) is 29.3. The molecule has 0 spiro atoms. The van der Waals surface area contributed by atoms with E-state index in [2.05, 4.69) is 166 Å². The highest BCUT2D eigenvalue weighted by Gasteiger charge is 2.28. The van der Waals surface area contributed by atoms with Gasteiger partial charge in [0.25, 0.3) is 0 Å². The Kier molecular flexibility index (Phi) is 6.40. The van der Waals surface area contributed by atoms with Crippen LogP contribution in [0.1, 0.15) is 0 Å². The van der Waals surface area contributed by atoms with Gasteiger partial charge in [0.15, 0.2) is 0 Å². The summed E-state index contributed by atoms with van der Waals surface area (Å²) in [6.45, 7) is 0. The molecule has 7 heteroatoms. The number of aromatic nitrogens is 6. The maximum absolute atomic E-state index is 5.51. The Labute approximate surface area is 318 Å². The van der Waals surface area contributed by atoms with Crippen LogP contribution >= 0.6 is 11.3 Å². The second kappa shape index (κ2) is 11.6. The Bertz CT molecular complexity index is 3470. The average molecular weight is 721 g/mol. The van der Waals surface area contributed by atoms with E-state index in [0.29, 0.717) is 5.95 Å². The van der Waals surface area contributed by atoms with E-state index in [1.54, 1.807) is 17.7 Å². The average Bonchev–Trinajstić information content (AvgIpc) is 3.92. The molecule has 12 rings (SSSR count). The van der Waals surface area contributed by atoms with Gasteiger partial charge in [0.05, 0.1) is 43.5 Å². The summed E-state index contributed by atoms with van der Waals surface area (Å²) in [5, 5.41) is 6.78. The molecular formula is C48H28N6S. The van der Waals surface area contributed by atoms with E-state index in [0.717, 1.165) is 81.9 Å². The number of benzene rings is 7. The fourth-order valence-corrected chi connectivity index (χ4v) is 9.74. The van der Waals surface area contributed by atoms with Crippen molar-refractivity contribution < 1.29 is 0 Å². The summed E-state index contributed by atoms with van der Waals surface area (Å²) in [4.78, 5) is 20.3. The molecule has 0 aliphatic heterocycles. The largest absolute Gasteiger partial charge is 0.308 e. The van der Waals surface area contributed by atoms with Crippen LogP contribution in [-0.2, 0) is 0 Å². The molecule has 5 heterocycles. The van der Waals surface area contributed by atoms with E-state index < -0.39 is 0 Å². The predicted molar refractivity (Wildman–Crippen MR) is 228 cm³/mol. The van der Waals surface area contributed by atoms with Gasteiger partial charge in [0, 0.05) is 54.5 Å². The van der Waals surface area contributed by atoms with E-state index in [4.69, 9.17) is 15.0 Å². The van der Waals surface area contributed by atoms with Gasteiger partial charge in [-0.25, -0.2) is 19.9 Å². The molecule has 0 amide bonds. The van der Waals surface area contributed by atoms with Gasteiger partial charge in [-0.2, -0.15) is 0 Å². The van der Waals surface area contributed by atoms with Crippen molar-refractivity contribution in [3.05, 3.63) is 170 Å². The van der Waals surface area contributed by atoms with Crippen LogP contribution in [0.5, 0.6) is 0 Å². The number of rotatable bonds is 4. The first-order chi connectivity index (χ1) is 27.3. The number of para-hydroxylation sites is 4. The van der Waals surface area contributed by atoms with Crippen molar-refractivity contribution in [2.24, 2.45) is 0 Å². The Balaban J connectivity index is 1.26. The number of hydrogen-bond donors (Lipinski definition) is 0. The van der Waals surface area contributed by atoms with E-state index in [-0.39, 0.29) is 0 Å². The van der Waals surface area contributed by atoms with Crippen molar-refractivity contribution in [3.8, 4) is 34.0 Å². The summed E-state index contributed by atoms with van der Waals surface area (Å²) < 4.78 is 6.92. The fourth-order valence-electron chi connectivity index (χ4n) is 8.55. The highest BCUT2D eigenvalue weighted by atomic mass is 32.1. The minimum Gasteiger partial charge on any atom is -0.308 e. The normalized spacial score (nSPS) is 12.0. The Morgan fingerprint density at radius 3 is 1.85 bits per heavy atom. The number of thiophene rings is 1. The highest BCUT2D eigenvalue weighted by molar-refractivity contribution is 7.27. The number of nitrogens with zero attached hydrogens (tertiary/aromatic N) is 6. The molecule has 12 aromatic rings. The first kappa shape index (κ1) is 30.3. The lowest BCUT2D eigenvalue weighted by molar-refractivity contribution is 1.02. The molecule has 6 nitrogen and oxygen atoms in total. The van der Waals surface area contributed by atoms with E-state index >= 15 is 0 Å². The van der Waals surface area contributed by atoms with Crippen LogP contribution in [0.15, 0.2) is 170 Å². The molecule has 0 unspecified atom stereocenters. The third kappa shape index (κ3) is 4.35. The van der Waals surface area contributed by atoms with Gasteiger partial charge in [-0.1, -0.05) is 127 Å². The van der Waals surface area contributed by atoms with E-state index in [9.17, 15) is 0 Å². The van der Waals surface area contributed by atoms with Gasteiger partial charge < -0.3 is 4.57 Å². The van der Waals surface area contributed by atoms with Crippen LogP contribution in [0.4, 0.5) is 0 Å². The van der Waals surface area contributed by atoms with Gasteiger partial charge in [-0.05, 0) is 41.5 Å². The summed E-state index contributed by atoms with van der Waals surface area (Å²) in [6, 6.07) is 55.6. The molecule has 0 aliphatic carbocycles. The second-order valence-electron chi connectivity index (χ2n) is 13.9. The molecule has 5 aromatic heterocycles. The molecule has 256 valence electrons. The summed E-state index contributed by atoms with van der Waals surface area (Å²) in [7, 11) is 0. The molecule has 0 N–H and O–H groups in total. The lowest BCUT2D eigenvalue weighted by Gasteiger charge is -2.13. The topological polar surface area (TPSA) is 61.4 Å². The molecule has 0 radical (unpaired) electrons. The summed E-state index contributed by atoms with van der Waals surface area (Å²) in [5.41, 5.74) is 11.6. The smallest absolute Gasteiger partial charge is 0.235 e. The van der Waals surface area contributed by atoms with E-state index in [1.165, 1.54) is 21.0 Å². The summed E-state index contributed by atoms with van der Waals surface area (Å²) in [6.07, 6.45) is 3.60. The highest BCUT2D eigenvalue weighted by Crippen LogP contribution is 2.50. The van der Waals surface area contributed by atoms with Crippen molar-refractivity contribution in [3.63, 3.8) is 0 Å². The molecular weight excluding hydrogens is 693 g/mol. The number of fused-ring (bicyclic) bond motifs is 13. The van der Waals surface area contributed by atoms with Crippen molar-refractivity contribution in [1.29, 1.82) is 0 Å². The molecule has 7 aromatic carbocycles. The molecule has 0 bridgehead atoms. The van der Waals surface area contributed by atoms with Crippen molar-refractivity contribution in [1.82, 2.24) is 29.1 Å². The van der Waals surface area contributed by atoms with Gasteiger partial charge in [0.1, 0.15) is 6.33 Å². The molecule has 0 aliphatic rings. The third-order valence-corrected chi connectivity index (χ3v) is 12.0. The third-order valence-electron chi connectivity index (χ3n) is 10.9. The second-order valence-corrected chi connectivity index (χ2v) is 14.9. The zero-order chi connectivity index (χ0) is 36.0. The van der Waals surface area contributed by atoms with Crippen LogP contribution in [0.25, 0.3) is 109 Å². The Hall–Kier alpha value is -7.22. The van der Waals surface area contributed by atoms with Crippen LogP contribution < -0.4 is 0 Å². The Morgan fingerprint density at radius 1 is 0.473 bits per heavy atom. The van der Waals surface area contributed by atoms with Crippen molar-refractivity contribution in [2.75, 3.05) is 0 Å². The quantitative estimate of drug-likeness (QED) is 0.182. The predicted octanol–water partition coefficient (Wildman–Crippen LogP) is 12.3. The molecule has 0 saturated heterocycles. The van der Waals surface area contributed by atoms with Crippen LogP contribution in [0, 0.1) is 0 Å². The van der Waals surface area contributed by atoms with Gasteiger partial charge in [-0.15, -0.1) is 11.3 Å². The maximum Gasteiger partial charge on any atom is 0.235 e. The summed E-state index contributed by atoms with van der Waals surface area (Å²) in [5.74, 6) is 0.614. The van der Waals surface area contributed by atoms with Gasteiger partial charge in [0.2, 0.25) is 5.95 Å². The molecule has 0 atom stereocenters. The Morgan fingerprint density at radius 2 is 1.07 bits per heavy atom. The van der Waals surface area contributed by atoms with Crippen LogP contribution in [-0.4, -0.2) is 29.1 Å². The maximum atomic E-state index is 5.51. The fraction of sp³-hybridized carbons (Fsp3) is 0. The summed E-state index contributed by atoms with van der Waals surface area (Å²) >= 11 is 1.75. The van der Waals surface area contributed by atoms with Crippen molar-refractivity contribution in [2.45, 2.75) is 0 Å². The molecule has 55 heavy (non-hydrogen) atoms. The monoisotopic (exact) mass is 720 g/mol. The number of hydrogen-bond acceptors (Lipinski definition) is 5. The SMILES string of the molecule is c1ccc(-c2ccc(-c3nc(-n4c5ccccc5c5c6c(c7ccccc7n6-c6ccccc6)c6sc7cncnc7c6c54)nc4ccccc34)cc2)cc1.